The van der Waals surface area contributed by atoms with Crippen LogP contribution in [-0.4, -0.2) is 18.1 Å². The predicted octanol–water partition coefficient (Wildman–Crippen LogP) is 3.12. The molecule has 0 unspecified atom stereocenters. The number of fused-ring (bicyclic) bond motifs is 1. The van der Waals surface area contributed by atoms with Gasteiger partial charge >= 0.3 is 5.97 Å². The maximum Gasteiger partial charge on any atom is 0.340 e. The molecule has 0 aliphatic heterocycles. The van der Waals surface area contributed by atoms with E-state index >= 15 is 0 Å². The van der Waals surface area contributed by atoms with E-state index in [9.17, 15) is 14.0 Å². The number of ether oxygens (including phenoxy) is 1. The molecule has 4 nitrogen and oxygen atoms in total. The number of aromatic nitrogens is 1. The number of hydrogen-bond donors (Lipinski definition) is 1. The number of H-pyrrole nitrogens is 1. The van der Waals surface area contributed by atoms with E-state index < -0.39 is 11.8 Å². The molecule has 0 aliphatic rings. The van der Waals surface area contributed by atoms with Crippen LogP contribution >= 0.6 is 0 Å². The zero-order valence-electron chi connectivity index (χ0n) is 11.7. The van der Waals surface area contributed by atoms with Gasteiger partial charge < -0.3 is 9.72 Å². The molecule has 2 aromatic carbocycles. The van der Waals surface area contributed by atoms with E-state index in [4.69, 9.17) is 0 Å². The average molecular weight is 297 g/mol. The monoisotopic (exact) mass is 297 g/mol. The van der Waals surface area contributed by atoms with Crippen LogP contribution in [0.2, 0.25) is 0 Å². The third-order valence-corrected chi connectivity index (χ3v) is 3.39. The van der Waals surface area contributed by atoms with Crippen LogP contribution in [0.25, 0.3) is 22.2 Å². The maximum atomic E-state index is 13.6. The second-order valence-corrected chi connectivity index (χ2v) is 4.78. The van der Waals surface area contributed by atoms with Crippen molar-refractivity contribution in [1.82, 2.24) is 4.98 Å². The minimum Gasteiger partial charge on any atom is -0.465 e. The van der Waals surface area contributed by atoms with Gasteiger partial charge in [-0.15, -0.1) is 0 Å². The third-order valence-electron chi connectivity index (χ3n) is 3.39. The lowest BCUT2D eigenvalue weighted by atomic mass is 10.1. The lowest BCUT2D eigenvalue weighted by molar-refractivity contribution is 0.0602. The summed E-state index contributed by atoms with van der Waals surface area (Å²) in [6.07, 6.45) is 0. The van der Waals surface area contributed by atoms with Crippen molar-refractivity contribution in [3.63, 3.8) is 0 Å². The Labute approximate surface area is 125 Å². The number of aromatic amines is 1. The summed E-state index contributed by atoms with van der Waals surface area (Å²) in [5.74, 6) is -1.36. The highest BCUT2D eigenvalue weighted by atomic mass is 19.1. The first-order chi connectivity index (χ1) is 10.6. The van der Waals surface area contributed by atoms with Gasteiger partial charge in [0, 0.05) is 17.1 Å². The Bertz CT molecular complexity index is 916. The fraction of sp³-hybridized carbons (Fsp3) is 0.0588. The van der Waals surface area contributed by atoms with Gasteiger partial charge in [-0.1, -0.05) is 30.3 Å². The summed E-state index contributed by atoms with van der Waals surface area (Å²) < 4.78 is 18.3. The van der Waals surface area contributed by atoms with Crippen molar-refractivity contribution in [2.75, 3.05) is 7.11 Å². The topological polar surface area (TPSA) is 59.2 Å². The minimum atomic E-state index is -0.703. The number of halogens is 1. The highest BCUT2D eigenvalue weighted by Crippen LogP contribution is 2.22. The Kier molecular flexibility index (Phi) is 3.47. The average Bonchev–Trinajstić information content (AvgIpc) is 2.54. The number of rotatable bonds is 2. The zero-order valence-corrected chi connectivity index (χ0v) is 11.7. The van der Waals surface area contributed by atoms with Gasteiger partial charge in [0.15, 0.2) is 5.43 Å². The van der Waals surface area contributed by atoms with Gasteiger partial charge in [-0.05, 0) is 17.7 Å². The van der Waals surface area contributed by atoms with Crippen LogP contribution in [0.15, 0.2) is 53.3 Å². The Balaban J connectivity index is 2.35. The molecule has 0 saturated carbocycles. The lowest BCUT2D eigenvalue weighted by Gasteiger charge is -2.08. The second kappa shape index (κ2) is 5.44. The maximum absolute atomic E-state index is 13.6. The fourth-order valence-corrected chi connectivity index (χ4v) is 2.36. The smallest absolute Gasteiger partial charge is 0.340 e. The van der Waals surface area contributed by atoms with Crippen LogP contribution in [0.4, 0.5) is 4.39 Å². The van der Waals surface area contributed by atoms with E-state index in [0.717, 1.165) is 17.7 Å². The van der Waals surface area contributed by atoms with E-state index in [1.807, 2.05) is 30.3 Å². The van der Waals surface area contributed by atoms with E-state index in [0.29, 0.717) is 5.69 Å². The third kappa shape index (κ3) is 2.37. The predicted molar refractivity (Wildman–Crippen MR) is 81.3 cm³/mol. The number of benzene rings is 2. The van der Waals surface area contributed by atoms with Gasteiger partial charge in [0.05, 0.1) is 18.2 Å². The summed E-state index contributed by atoms with van der Waals surface area (Å²) in [6.45, 7) is 0. The molecule has 0 amide bonds. The molecule has 5 heteroatoms. The molecule has 0 saturated heterocycles. The Morgan fingerprint density at radius 2 is 1.86 bits per heavy atom. The van der Waals surface area contributed by atoms with E-state index in [-0.39, 0.29) is 21.9 Å². The first-order valence-corrected chi connectivity index (χ1v) is 6.60. The molecular formula is C17H12FNO3. The van der Waals surface area contributed by atoms with Crippen molar-refractivity contribution >= 4 is 16.9 Å². The number of nitrogens with one attached hydrogen (secondary N) is 1. The summed E-state index contributed by atoms with van der Waals surface area (Å²) in [5, 5.41) is 0.111. The van der Waals surface area contributed by atoms with Crippen molar-refractivity contribution in [1.29, 1.82) is 0 Å². The van der Waals surface area contributed by atoms with Crippen LogP contribution < -0.4 is 5.43 Å². The van der Waals surface area contributed by atoms with Crippen LogP contribution in [-0.2, 0) is 4.74 Å². The molecule has 0 spiro atoms. The fourth-order valence-electron chi connectivity index (χ4n) is 2.36. The molecule has 0 aliphatic carbocycles. The van der Waals surface area contributed by atoms with Gasteiger partial charge in [-0.3, -0.25) is 4.79 Å². The largest absolute Gasteiger partial charge is 0.465 e. The SMILES string of the molecule is COC(=O)c1cc(F)cc2c(=O)cc(-c3ccccc3)[nH]c12. The van der Waals surface area contributed by atoms with Crippen LogP contribution in [0.5, 0.6) is 0 Å². The quantitative estimate of drug-likeness (QED) is 0.739. The number of pyridine rings is 1. The van der Waals surface area contributed by atoms with Gasteiger partial charge in [0.1, 0.15) is 5.82 Å². The summed E-state index contributed by atoms with van der Waals surface area (Å²) in [4.78, 5) is 27.1. The number of esters is 1. The summed E-state index contributed by atoms with van der Waals surface area (Å²) in [7, 11) is 1.21. The molecule has 0 radical (unpaired) electrons. The molecule has 1 aromatic heterocycles. The van der Waals surface area contributed by atoms with Crippen molar-refractivity contribution in [3.05, 3.63) is 70.1 Å². The molecule has 0 bridgehead atoms. The minimum absolute atomic E-state index is 0.00705. The Hall–Kier alpha value is -2.95. The van der Waals surface area contributed by atoms with Crippen molar-refractivity contribution < 1.29 is 13.9 Å². The van der Waals surface area contributed by atoms with Crippen LogP contribution in [0.1, 0.15) is 10.4 Å². The van der Waals surface area contributed by atoms with Crippen LogP contribution in [0.3, 0.4) is 0 Å². The molecule has 3 rings (SSSR count). The molecule has 0 atom stereocenters. The summed E-state index contributed by atoms with van der Waals surface area (Å²) in [5.41, 5.74) is 1.24. The van der Waals surface area contributed by atoms with Crippen molar-refractivity contribution in [2.24, 2.45) is 0 Å². The number of carbonyl (C=O) groups is 1. The Morgan fingerprint density at radius 3 is 2.55 bits per heavy atom. The van der Waals surface area contributed by atoms with Gasteiger partial charge in [0.25, 0.3) is 0 Å². The van der Waals surface area contributed by atoms with Gasteiger partial charge in [-0.25, -0.2) is 9.18 Å². The number of methoxy groups -OCH3 is 1. The highest BCUT2D eigenvalue weighted by Gasteiger charge is 2.16. The second-order valence-electron chi connectivity index (χ2n) is 4.78. The van der Waals surface area contributed by atoms with Gasteiger partial charge in [-0.2, -0.15) is 0 Å². The van der Waals surface area contributed by atoms with E-state index in [2.05, 4.69) is 9.72 Å². The molecule has 1 N–H and O–H groups in total. The molecule has 1 heterocycles. The normalized spacial score (nSPS) is 10.6. The zero-order chi connectivity index (χ0) is 15.7. The molecule has 3 aromatic rings. The number of carbonyl (C=O) groups excluding carboxylic acids is 1. The van der Waals surface area contributed by atoms with Gasteiger partial charge in [0.2, 0.25) is 0 Å². The highest BCUT2D eigenvalue weighted by molar-refractivity contribution is 6.03. The van der Waals surface area contributed by atoms with E-state index in [1.165, 1.54) is 13.2 Å². The molecular weight excluding hydrogens is 285 g/mol. The molecule has 22 heavy (non-hydrogen) atoms. The number of hydrogen-bond acceptors (Lipinski definition) is 3. The summed E-state index contributed by atoms with van der Waals surface area (Å²) >= 11 is 0. The standard InChI is InChI=1S/C17H12FNO3/c1-22-17(21)13-8-11(18)7-12-15(20)9-14(19-16(12)13)10-5-3-2-4-6-10/h2-9H,1H3,(H,19,20). The molecule has 0 fully saturated rings. The first kappa shape index (κ1) is 14.0. The summed E-state index contributed by atoms with van der Waals surface area (Å²) in [6, 6.07) is 12.7. The first-order valence-electron chi connectivity index (χ1n) is 6.60. The van der Waals surface area contributed by atoms with Crippen molar-refractivity contribution in [2.45, 2.75) is 0 Å². The Morgan fingerprint density at radius 1 is 1.14 bits per heavy atom. The van der Waals surface area contributed by atoms with E-state index in [1.54, 1.807) is 0 Å². The molecule has 110 valence electrons. The van der Waals surface area contributed by atoms with Crippen LogP contribution in [0, 0.1) is 5.82 Å². The lowest BCUT2D eigenvalue weighted by Crippen LogP contribution is -2.10. The van der Waals surface area contributed by atoms with Crippen molar-refractivity contribution in [3.8, 4) is 11.3 Å².